The number of Topliss-reactive ketones (excluding diaryl/α,β-unsaturated/α-hetero) is 1. The number of halogens is 2. The van der Waals surface area contributed by atoms with E-state index < -0.39 is 5.91 Å². The summed E-state index contributed by atoms with van der Waals surface area (Å²) in [6, 6.07) is 4.48. The molecule has 1 amide bonds. The second-order valence-electron chi connectivity index (χ2n) is 3.05. The molecule has 0 aliphatic carbocycles. The molecule has 90 valence electrons. The normalized spacial score (nSPS) is 8.47. The van der Waals surface area contributed by atoms with Crippen molar-refractivity contribution in [2.24, 2.45) is 4.99 Å². The van der Waals surface area contributed by atoms with Crippen LogP contribution in [0, 0.1) is 0 Å². The first-order valence-corrected chi connectivity index (χ1v) is 5.59. The summed E-state index contributed by atoms with van der Waals surface area (Å²) in [7, 11) is 0. The zero-order valence-corrected chi connectivity index (χ0v) is 11.5. The van der Waals surface area contributed by atoms with Gasteiger partial charge in [0.05, 0.1) is 15.2 Å². The van der Waals surface area contributed by atoms with E-state index in [0.717, 1.165) is 0 Å². The average molecular weight is 290 g/mol. The minimum Gasteiger partial charge on any atom is -0.300 e. The topological polar surface area (TPSA) is 46.5 Å². The van der Waals surface area contributed by atoms with Crippen LogP contribution >= 0.6 is 35.4 Å². The van der Waals surface area contributed by atoms with Crippen LogP contribution in [0.25, 0.3) is 0 Å². The molecule has 0 heterocycles. The van der Waals surface area contributed by atoms with Crippen molar-refractivity contribution in [2.75, 3.05) is 0 Å². The first-order valence-electron chi connectivity index (χ1n) is 4.43. The number of rotatable bonds is 1. The van der Waals surface area contributed by atoms with Gasteiger partial charge in [0.1, 0.15) is 5.78 Å². The van der Waals surface area contributed by atoms with Gasteiger partial charge in [-0.1, -0.05) is 23.2 Å². The van der Waals surface area contributed by atoms with Crippen molar-refractivity contribution < 1.29 is 9.59 Å². The number of amides is 1. The van der Waals surface area contributed by atoms with Gasteiger partial charge >= 0.3 is 0 Å². The number of ketones is 1. The summed E-state index contributed by atoms with van der Waals surface area (Å²) in [6.07, 6.45) is 0. The van der Waals surface area contributed by atoms with Gasteiger partial charge < -0.3 is 4.79 Å². The highest BCUT2D eigenvalue weighted by molar-refractivity contribution is 7.78. The van der Waals surface area contributed by atoms with E-state index in [1.165, 1.54) is 32.0 Å². The molecular formula is C11H9Cl2NO2S. The Hall–Kier alpha value is -1.06. The van der Waals surface area contributed by atoms with Gasteiger partial charge in [-0.15, -0.1) is 0 Å². The molecule has 0 atom stereocenters. The summed E-state index contributed by atoms with van der Waals surface area (Å²) in [5.41, 5.74) is 0.340. The summed E-state index contributed by atoms with van der Waals surface area (Å²) < 4.78 is 0. The third-order valence-electron chi connectivity index (χ3n) is 1.31. The monoisotopic (exact) mass is 289 g/mol. The molecule has 0 aliphatic heterocycles. The predicted octanol–water partition coefficient (Wildman–Crippen LogP) is 3.83. The van der Waals surface area contributed by atoms with Crippen LogP contribution in [0.15, 0.2) is 23.2 Å². The van der Waals surface area contributed by atoms with Gasteiger partial charge in [-0.05, 0) is 44.3 Å². The Balaban J connectivity index is 0.000000557. The summed E-state index contributed by atoms with van der Waals surface area (Å²) in [4.78, 5) is 23.8. The van der Waals surface area contributed by atoms with Crippen LogP contribution in [0.2, 0.25) is 10.0 Å². The fraction of sp³-hybridized carbons (Fsp3) is 0.182. The largest absolute Gasteiger partial charge is 0.300 e. The Morgan fingerprint density at radius 1 is 1.24 bits per heavy atom. The number of isothiocyanates is 1. The zero-order chi connectivity index (χ0) is 13.4. The molecule has 6 heteroatoms. The summed E-state index contributed by atoms with van der Waals surface area (Å²) in [5.74, 6) is -0.312. The van der Waals surface area contributed by atoms with Crippen molar-refractivity contribution in [3.05, 3.63) is 33.8 Å². The number of aliphatic imine (C=N–C) groups is 1. The molecule has 0 spiro atoms. The second-order valence-corrected chi connectivity index (χ2v) is 4.04. The third kappa shape index (κ3) is 6.97. The molecule has 0 bridgehead atoms. The predicted molar refractivity (Wildman–Crippen MR) is 72.2 cm³/mol. The van der Waals surface area contributed by atoms with Crippen molar-refractivity contribution in [1.29, 1.82) is 0 Å². The first kappa shape index (κ1) is 15.9. The SMILES string of the molecule is CC(C)=O.O=C(N=C=S)c1ccc(Cl)c(Cl)c1. The lowest BCUT2D eigenvalue weighted by Crippen LogP contribution is -1.93. The van der Waals surface area contributed by atoms with Crippen molar-refractivity contribution in [3.8, 4) is 0 Å². The van der Waals surface area contributed by atoms with E-state index in [9.17, 15) is 9.59 Å². The van der Waals surface area contributed by atoms with Crippen molar-refractivity contribution in [1.82, 2.24) is 0 Å². The molecule has 0 N–H and O–H groups in total. The Morgan fingerprint density at radius 2 is 1.76 bits per heavy atom. The number of nitrogens with zero attached hydrogens (tertiary/aromatic N) is 1. The Morgan fingerprint density at radius 3 is 2.18 bits per heavy atom. The van der Waals surface area contributed by atoms with Crippen LogP contribution < -0.4 is 0 Å². The number of benzene rings is 1. The van der Waals surface area contributed by atoms with Crippen LogP contribution in [0.1, 0.15) is 24.2 Å². The minimum atomic E-state index is -0.478. The lowest BCUT2D eigenvalue weighted by atomic mass is 10.2. The third-order valence-corrected chi connectivity index (χ3v) is 2.14. The molecule has 0 saturated carbocycles. The first-order chi connectivity index (χ1) is 7.88. The summed E-state index contributed by atoms with van der Waals surface area (Å²) >= 11 is 15.6. The molecule has 1 rings (SSSR count). The summed E-state index contributed by atoms with van der Waals surface area (Å²) in [5, 5.41) is 2.69. The van der Waals surface area contributed by atoms with E-state index in [1.54, 1.807) is 0 Å². The van der Waals surface area contributed by atoms with E-state index in [0.29, 0.717) is 15.6 Å². The minimum absolute atomic E-state index is 0.167. The van der Waals surface area contributed by atoms with Gasteiger partial charge in [-0.2, -0.15) is 4.99 Å². The fourth-order valence-electron chi connectivity index (χ4n) is 0.735. The Bertz CT molecular complexity index is 478. The highest BCUT2D eigenvalue weighted by Gasteiger charge is 2.05. The number of carbonyl (C=O) groups is 2. The molecule has 1 aromatic carbocycles. The van der Waals surface area contributed by atoms with Crippen LogP contribution in [0.4, 0.5) is 0 Å². The molecule has 17 heavy (non-hydrogen) atoms. The molecule has 3 nitrogen and oxygen atoms in total. The highest BCUT2D eigenvalue weighted by atomic mass is 35.5. The molecule has 0 fully saturated rings. The molecule has 0 saturated heterocycles. The molecule has 0 radical (unpaired) electrons. The standard InChI is InChI=1S/C8H3Cl2NOS.C3H6O/c9-6-2-1-5(3-7(6)10)8(12)11-4-13;1-3(2)4/h1-3H;1-2H3. The van der Waals surface area contributed by atoms with E-state index in [-0.39, 0.29) is 5.78 Å². The van der Waals surface area contributed by atoms with Gasteiger partial charge in [-0.25, -0.2) is 0 Å². The van der Waals surface area contributed by atoms with Crippen LogP contribution in [0.5, 0.6) is 0 Å². The van der Waals surface area contributed by atoms with E-state index in [1.807, 2.05) is 5.16 Å². The smallest absolute Gasteiger partial charge is 0.285 e. The highest BCUT2D eigenvalue weighted by Crippen LogP contribution is 2.22. The van der Waals surface area contributed by atoms with Crippen LogP contribution in [0.3, 0.4) is 0 Å². The lowest BCUT2D eigenvalue weighted by Gasteiger charge is -1.96. The van der Waals surface area contributed by atoms with Crippen LogP contribution in [-0.2, 0) is 4.79 Å². The molecule has 0 unspecified atom stereocenters. The molecular weight excluding hydrogens is 281 g/mol. The molecule has 0 aliphatic rings. The number of hydrogen-bond acceptors (Lipinski definition) is 3. The quantitative estimate of drug-likeness (QED) is 0.583. The maximum absolute atomic E-state index is 11.1. The Labute approximate surface area is 114 Å². The fourth-order valence-corrected chi connectivity index (χ4v) is 1.12. The summed E-state index contributed by atoms with van der Waals surface area (Å²) in [6.45, 7) is 3.06. The van der Waals surface area contributed by atoms with E-state index >= 15 is 0 Å². The number of hydrogen-bond donors (Lipinski definition) is 0. The zero-order valence-electron chi connectivity index (χ0n) is 9.16. The van der Waals surface area contributed by atoms with Gasteiger partial charge in [0.2, 0.25) is 0 Å². The molecule has 0 aromatic heterocycles. The van der Waals surface area contributed by atoms with Crippen molar-refractivity contribution in [2.45, 2.75) is 13.8 Å². The number of carbonyl (C=O) groups excluding carboxylic acids is 2. The maximum atomic E-state index is 11.1. The van der Waals surface area contributed by atoms with E-state index in [4.69, 9.17) is 23.2 Å². The van der Waals surface area contributed by atoms with E-state index in [2.05, 4.69) is 17.2 Å². The van der Waals surface area contributed by atoms with Gasteiger partial charge in [-0.3, -0.25) is 4.79 Å². The van der Waals surface area contributed by atoms with Gasteiger partial charge in [0.25, 0.3) is 5.91 Å². The van der Waals surface area contributed by atoms with Gasteiger partial charge in [0.15, 0.2) is 0 Å². The van der Waals surface area contributed by atoms with Gasteiger partial charge in [0, 0.05) is 5.56 Å². The average Bonchev–Trinajstić information content (AvgIpc) is 2.21. The lowest BCUT2D eigenvalue weighted by molar-refractivity contribution is -0.114. The van der Waals surface area contributed by atoms with Crippen LogP contribution in [-0.4, -0.2) is 16.9 Å². The van der Waals surface area contributed by atoms with Crippen molar-refractivity contribution >= 4 is 52.3 Å². The molecule has 1 aromatic rings. The number of thiocarbonyl (C=S) groups is 1. The second kappa shape index (κ2) is 8.09. The van der Waals surface area contributed by atoms with Crippen molar-refractivity contribution in [3.63, 3.8) is 0 Å². The Kier molecular flexibility index (Phi) is 7.59. The maximum Gasteiger partial charge on any atom is 0.285 e.